The predicted octanol–water partition coefficient (Wildman–Crippen LogP) is 6.54. The highest BCUT2D eigenvalue weighted by atomic mass is 16.5. The van der Waals surface area contributed by atoms with Gasteiger partial charge in [-0.05, 0) is 111 Å². The Labute approximate surface area is 190 Å². The fourth-order valence-electron chi connectivity index (χ4n) is 6.12. The molecule has 3 aliphatic carbocycles. The second kappa shape index (κ2) is 8.55. The van der Waals surface area contributed by atoms with E-state index >= 15 is 0 Å². The van der Waals surface area contributed by atoms with E-state index in [1.165, 1.54) is 49.7 Å². The zero-order valence-electron chi connectivity index (χ0n) is 18.8. The van der Waals surface area contributed by atoms with Crippen molar-refractivity contribution in [3.63, 3.8) is 0 Å². The Morgan fingerprint density at radius 3 is 2.31 bits per heavy atom. The zero-order valence-corrected chi connectivity index (χ0v) is 18.8. The molecule has 0 amide bonds. The molecule has 3 fully saturated rings. The van der Waals surface area contributed by atoms with Crippen LogP contribution in [0.1, 0.15) is 98.8 Å². The van der Waals surface area contributed by atoms with E-state index in [-0.39, 0.29) is 0 Å². The first kappa shape index (κ1) is 20.3. The van der Waals surface area contributed by atoms with Crippen LogP contribution in [0.15, 0.2) is 49.1 Å². The Hall–Kier alpha value is -2.33. The first-order valence-corrected chi connectivity index (χ1v) is 12.7. The van der Waals surface area contributed by atoms with E-state index in [4.69, 9.17) is 4.74 Å². The average Bonchev–Trinajstić information content (AvgIpc) is 3.34. The van der Waals surface area contributed by atoms with Crippen LogP contribution < -0.4 is 4.74 Å². The molecule has 0 saturated heterocycles. The summed E-state index contributed by atoms with van der Waals surface area (Å²) in [6, 6.07) is 11.1. The SMILES string of the molecule is OC(c1c(C2CC2)ccn2cncc12)C1CCC(c2ccc(OC3CCCC3)cc2)CC1. The van der Waals surface area contributed by atoms with Crippen LogP contribution in [-0.2, 0) is 0 Å². The quantitative estimate of drug-likeness (QED) is 0.483. The number of fused-ring (bicyclic) bond motifs is 1. The third-order valence-corrected chi connectivity index (χ3v) is 8.16. The minimum Gasteiger partial charge on any atom is -0.490 e. The number of ether oxygens (including phenoxy) is 1. The molecule has 168 valence electrons. The van der Waals surface area contributed by atoms with Gasteiger partial charge < -0.3 is 14.2 Å². The number of rotatable bonds is 6. The second-order valence-electron chi connectivity index (χ2n) is 10.3. The molecule has 0 spiro atoms. The highest BCUT2D eigenvalue weighted by Crippen LogP contribution is 2.48. The van der Waals surface area contributed by atoms with Gasteiger partial charge in [-0.3, -0.25) is 0 Å². The summed E-state index contributed by atoms with van der Waals surface area (Å²) in [5.41, 5.74) is 5.00. The third-order valence-electron chi connectivity index (χ3n) is 8.16. The topological polar surface area (TPSA) is 46.8 Å². The largest absolute Gasteiger partial charge is 0.490 e. The minimum absolute atomic E-state index is 0.329. The zero-order chi connectivity index (χ0) is 21.5. The molecular formula is C28H34N2O2. The first-order chi connectivity index (χ1) is 15.8. The van der Waals surface area contributed by atoms with E-state index in [0.717, 1.165) is 42.5 Å². The minimum atomic E-state index is -0.394. The number of hydrogen-bond donors (Lipinski definition) is 1. The summed E-state index contributed by atoms with van der Waals surface area (Å²) in [6.45, 7) is 0. The van der Waals surface area contributed by atoms with E-state index < -0.39 is 6.10 Å². The summed E-state index contributed by atoms with van der Waals surface area (Å²) in [4.78, 5) is 4.34. The van der Waals surface area contributed by atoms with Gasteiger partial charge in [0.25, 0.3) is 0 Å². The molecule has 1 unspecified atom stereocenters. The van der Waals surface area contributed by atoms with Crippen molar-refractivity contribution in [1.82, 2.24) is 9.38 Å². The van der Waals surface area contributed by atoms with Gasteiger partial charge in [-0.2, -0.15) is 0 Å². The van der Waals surface area contributed by atoms with Crippen molar-refractivity contribution in [2.75, 3.05) is 0 Å². The van der Waals surface area contributed by atoms with Crippen LogP contribution in [-0.4, -0.2) is 20.6 Å². The number of benzene rings is 1. The van der Waals surface area contributed by atoms with Crippen molar-refractivity contribution < 1.29 is 9.84 Å². The summed E-state index contributed by atoms with van der Waals surface area (Å²) >= 11 is 0. The molecule has 3 aromatic rings. The fraction of sp³-hybridized carbons (Fsp3) is 0.536. The van der Waals surface area contributed by atoms with Gasteiger partial charge in [0.2, 0.25) is 0 Å². The molecule has 1 atom stereocenters. The Balaban J connectivity index is 1.13. The van der Waals surface area contributed by atoms with E-state index in [1.807, 2.05) is 12.5 Å². The van der Waals surface area contributed by atoms with Gasteiger partial charge >= 0.3 is 0 Å². The van der Waals surface area contributed by atoms with Crippen LogP contribution in [0.4, 0.5) is 0 Å². The number of pyridine rings is 1. The van der Waals surface area contributed by atoms with Crippen molar-refractivity contribution in [3.05, 3.63) is 65.7 Å². The van der Waals surface area contributed by atoms with Crippen molar-refractivity contribution in [3.8, 4) is 5.75 Å². The van der Waals surface area contributed by atoms with Crippen LogP contribution in [0.25, 0.3) is 5.52 Å². The lowest BCUT2D eigenvalue weighted by Gasteiger charge is -2.33. The maximum atomic E-state index is 11.5. The van der Waals surface area contributed by atoms with Crippen LogP contribution in [0.2, 0.25) is 0 Å². The Morgan fingerprint density at radius 1 is 0.875 bits per heavy atom. The van der Waals surface area contributed by atoms with Gasteiger partial charge in [0.15, 0.2) is 0 Å². The van der Waals surface area contributed by atoms with Crippen molar-refractivity contribution in [2.24, 2.45) is 5.92 Å². The number of aliphatic hydroxyl groups is 1. The smallest absolute Gasteiger partial charge is 0.119 e. The number of imidazole rings is 1. The molecule has 0 bridgehead atoms. The fourth-order valence-corrected chi connectivity index (χ4v) is 6.12. The van der Waals surface area contributed by atoms with Crippen LogP contribution in [0, 0.1) is 5.92 Å². The molecule has 2 heterocycles. The molecule has 6 rings (SSSR count). The van der Waals surface area contributed by atoms with Gasteiger partial charge in [0, 0.05) is 11.8 Å². The normalized spacial score (nSPS) is 25.3. The maximum Gasteiger partial charge on any atom is 0.119 e. The lowest BCUT2D eigenvalue weighted by atomic mass is 9.75. The maximum absolute atomic E-state index is 11.5. The predicted molar refractivity (Wildman–Crippen MR) is 126 cm³/mol. The second-order valence-corrected chi connectivity index (χ2v) is 10.3. The Morgan fingerprint density at radius 2 is 1.59 bits per heavy atom. The molecule has 4 nitrogen and oxygen atoms in total. The van der Waals surface area contributed by atoms with E-state index in [0.29, 0.717) is 23.9 Å². The van der Waals surface area contributed by atoms with Gasteiger partial charge in [0.1, 0.15) is 5.75 Å². The molecule has 1 N–H and O–H groups in total. The molecule has 3 aliphatic rings. The number of hydrogen-bond acceptors (Lipinski definition) is 3. The summed E-state index contributed by atoms with van der Waals surface area (Å²) in [5, 5.41) is 11.5. The molecule has 2 aromatic heterocycles. The summed E-state index contributed by atoms with van der Waals surface area (Å²) < 4.78 is 8.20. The van der Waals surface area contributed by atoms with Crippen LogP contribution >= 0.6 is 0 Å². The van der Waals surface area contributed by atoms with Crippen molar-refractivity contribution >= 4 is 5.52 Å². The molecule has 0 aliphatic heterocycles. The Bertz CT molecular complexity index is 1050. The van der Waals surface area contributed by atoms with Gasteiger partial charge in [-0.25, -0.2) is 4.98 Å². The number of aromatic nitrogens is 2. The van der Waals surface area contributed by atoms with Crippen molar-refractivity contribution in [1.29, 1.82) is 0 Å². The molecule has 0 radical (unpaired) electrons. The highest BCUT2D eigenvalue weighted by molar-refractivity contribution is 5.59. The third kappa shape index (κ3) is 3.94. The molecule has 4 heteroatoms. The van der Waals surface area contributed by atoms with E-state index in [2.05, 4.69) is 45.9 Å². The standard InChI is InChI=1S/C28H34N2O2/c31-28(27-25(21-7-8-21)15-16-30-18-29-17-26(27)30)22-9-5-19(6-10-22)20-11-13-24(14-12-20)32-23-3-1-2-4-23/h11-19,21-23,28,31H,1-10H2. The summed E-state index contributed by atoms with van der Waals surface area (Å²) in [5.74, 6) is 2.56. The number of nitrogens with zero attached hydrogens (tertiary/aromatic N) is 2. The summed E-state index contributed by atoms with van der Waals surface area (Å²) in [7, 11) is 0. The van der Waals surface area contributed by atoms with Gasteiger partial charge in [-0.1, -0.05) is 12.1 Å². The summed E-state index contributed by atoms with van der Waals surface area (Å²) in [6.07, 6.45) is 17.8. The van der Waals surface area contributed by atoms with Crippen LogP contribution in [0.3, 0.4) is 0 Å². The Kier molecular flexibility index (Phi) is 5.42. The number of aliphatic hydroxyl groups excluding tert-OH is 1. The molecule has 32 heavy (non-hydrogen) atoms. The highest BCUT2D eigenvalue weighted by Gasteiger charge is 2.34. The molecule has 1 aromatic carbocycles. The lowest BCUT2D eigenvalue weighted by Crippen LogP contribution is -2.21. The van der Waals surface area contributed by atoms with Gasteiger partial charge in [0.05, 0.1) is 30.2 Å². The molecule has 3 saturated carbocycles. The van der Waals surface area contributed by atoms with Crippen LogP contribution in [0.5, 0.6) is 5.75 Å². The van der Waals surface area contributed by atoms with Crippen molar-refractivity contribution in [2.45, 2.75) is 88.3 Å². The van der Waals surface area contributed by atoms with E-state index in [9.17, 15) is 5.11 Å². The first-order valence-electron chi connectivity index (χ1n) is 12.7. The lowest BCUT2D eigenvalue weighted by molar-refractivity contribution is 0.0810. The monoisotopic (exact) mass is 430 g/mol. The van der Waals surface area contributed by atoms with E-state index in [1.54, 1.807) is 0 Å². The molecular weight excluding hydrogens is 396 g/mol. The van der Waals surface area contributed by atoms with Gasteiger partial charge in [-0.15, -0.1) is 0 Å². The average molecular weight is 431 g/mol.